The third-order valence-corrected chi connectivity index (χ3v) is 3.34. The second kappa shape index (κ2) is 5.84. The molecule has 0 atom stereocenters. The van der Waals surface area contributed by atoms with Crippen molar-refractivity contribution >= 4 is 22.6 Å². The first-order valence-electron chi connectivity index (χ1n) is 7.08. The van der Waals surface area contributed by atoms with E-state index in [1.807, 2.05) is 24.3 Å². The summed E-state index contributed by atoms with van der Waals surface area (Å²) >= 11 is 0. The smallest absolute Gasteiger partial charge is 0.291 e. The molecule has 24 heavy (non-hydrogen) atoms. The van der Waals surface area contributed by atoms with E-state index in [0.717, 1.165) is 10.9 Å². The molecule has 0 radical (unpaired) electrons. The summed E-state index contributed by atoms with van der Waals surface area (Å²) in [7, 11) is 0. The summed E-state index contributed by atoms with van der Waals surface area (Å²) in [5.74, 6) is 0.900. The van der Waals surface area contributed by atoms with Crippen LogP contribution in [-0.2, 0) is 0 Å². The Morgan fingerprint density at radius 3 is 2.83 bits per heavy atom. The monoisotopic (exact) mass is 321 g/mol. The van der Waals surface area contributed by atoms with Crippen molar-refractivity contribution in [1.29, 1.82) is 0 Å². The highest BCUT2D eigenvalue weighted by Crippen LogP contribution is 2.21. The number of hydrazine groups is 1. The molecule has 2 N–H and O–H groups in total. The van der Waals surface area contributed by atoms with Crippen LogP contribution in [0.4, 0.5) is 5.82 Å². The second-order valence-corrected chi connectivity index (χ2v) is 4.87. The maximum absolute atomic E-state index is 12.2. The van der Waals surface area contributed by atoms with Gasteiger partial charge in [-0.15, -0.1) is 0 Å². The van der Waals surface area contributed by atoms with E-state index in [1.165, 1.54) is 18.7 Å². The van der Waals surface area contributed by atoms with Gasteiger partial charge in [-0.1, -0.05) is 17.3 Å². The van der Waals surface area contributed by atoms with E-state index >= 15 is 0 Å². The van der Waals surface area contributed by atoms with Crippen molar-refractivity contribution in [3.8, 4) is 11.5 Å². The van der Waals surface area contributed by atoms with Crippen molar-refractivity contribution < 1.29 is 13.7 Å². The number of para-hydroxylation sites is 1. The Balaban J connectivity index is 1.50. The Hall–Kier alpha value is -3.68. The van der Waals surface area contributed by atoms with E-state index in [2.05, 4.69) is 26.0 Å². The van der Waals surface area contributed by atoms with Gasteiger partial charge in [-0.2, -0.15) is 0 Å². The van der Waals surface area contributed by atoms with Crippen molar-refractivity contribution in [2.24, 2.45) is 0 Å². The van der Waals surface area contributed by atoms with Crippen LogP contribution in [0.2, 0.25) is 0 Å². The van der Waals surface area contributed by atoms with Crippen molar-refractivity contribution in [2.45, 2.75) is 0 Å². The van der Waals surface area contributed by atoms with Gasteiger partial charge in [0.15, 0.2) is 17.3 Å². The highest BCUT2D eigenvalue weighted by molar-refractivity contribution is 5.95. The van der Waals surface area contributed by atoms with Crippen LogP contribution in [0, 0.1) is 0 Å². The molecule has 0 aliphatic carbocycles. The van der Waals surface area contributed by atoms with Crippen molar-refractivity contribution in [3.05, 3.63) is 60.7 Å². The minimum absolute atomic E-state index is 0.118. The van der Waals surface area contributed by atoms with Crippen LogP contribution in [0.25, 0.3) is 22.4 Å². The fourth-order valence-electron chi connectivity index (χ4n) is 2.20. The molecule has 1 aromatic carbocycles. The lowest BCUT2D eigenvalue weighted by molar-refractivity contribution is 0.0953. The van der Waals surface area contributed by atoms with Crippen LogP contribution >= 0.6 is 0 Å². The number of nitrogens with one attached hydrogen (secondary N) is 2. The third-order valence-electron chi connectivity index (χ3n) is 3.34. The fraction of sp³-hybridized carbons (Fsp3) is 0. The molecule has 0 unspecified atom stereocenters. The summed E-state index contributed by atoms with van der Waals surface area (Å²) < 4.78 is 10.3. The van der Waals surface area contributed by atoms with Gasteiger partial charge < -0.3 is 8.94 Å². The zero-order chi connectivity index (χ0) is 16.4. The molecule has 0 saturated heterocycles. The number of hydrogen-bond acceptors (Lipinski definition) is 7. The Bertz CT molecular complexity index is 989. The zero-order valence-electron chi connectivity index (χ0n) is 12.3. The molecule has 0 fully saturated rings. The highest BCUT2D eigenvalue weighted by Gasteiger charge is 2.15. The molecule has 3 aromatic heterocycles. The van der Waals surface area contributed by atoms with E-state index in [4.69, 9.17) is 8.94 Å². The number of fused-ring (bicyclic) bond motifs is 1. The maximum Gasteiger partial charge on any atom is 0.291 e. The van der Waals surface area contributed by atoms with Crippen molar-refractivity contribution in [3.63, 3.8) is 0 Å². The average molecular weight is 321 g/mol. The molecule has 0 saturated carbocycles. The van der Waals surface area contributed by atoms with Gasteiger partial charge in [0.05, 0.1) is 11.8 Å². The van der Waals surface area contributed by atoms with E-state index in [9.17, 15) is 4.79 Å². The molecule has 8 heteroatoms. The number of rotatable bonds is 4. The van der Waals surface area contributed by atoms with Gasteiger partial charge >= 0.3 is 0 Å². The standard InChI is InChI=1S/C16H11N5O3/c22-16(12-8-14(24-21-12)13-6-3-7-23-13)20-19-15-10-4-1-2-5-11(10)17-9-18-15/h1-9H,(H,20,22)(H,17,18,19). The predicted molar refractivity (Wildman–Crippen MR) is 84.8 cm³/mol. The lowest BCUT2D eigenvalue weighted by atomic mass is 10.2. The molecule has 0 aliphatic heterocycles. The van der Waals surface area contributed by atoms with Crippen LogP contribution in [0.1, 0.15) is 10.5 Å². The van der Waals surface area contributed by atoms with E-state index in [1.54, 1.807) is 12.1 Å². The number of benzene rings is 1. The molecule has 0 spiro atoms. The molecule has 4 aromatic rings. The topological polar surface area (TPSA) is 106 Å². The molecule has 3 heterocycles. The molecule has 118 valence electrons. The Labute approximate surface area is 135 Å². The summed E-state index contributed by atoms with van der Waals surface area (Å²) in [4.78, 5) is 20.4. The number of anilines is 1. The predicted octanol–water partition coefficient (Wildman–Crippen LogP) is 2.63. The lowest BCUT2D eigenvalue weighted by Crippen LogP contribution is -2.30. The summed E-state index contributed by atoms with van der Waals surface area (Å²) in [6.07, 6.45) is 2.93. The first kappa shape index (κ1) is 13.9. The maximum atomic E-state index is 12.2. The normalized spacial score (nSPS) is 10.7. The summed E-state index contributed by atoms with van der Waals surface area (Å²) in [5, 5.41) is 4.52. The molecule has 8 nitrogen and oxygen atoms in total. The van der Waals surface area contributed by atoms with E-state index < -0.39 is 5.91 Å². The van der Waals surface area contributed by atoms with Gasteiger partial charge in [-0.05, 0) is 24.3 Å². The molecular formula is C16H11N5O3. The van der Waals surface area contributed by atoms with Gasteiger partial charge in [0.2, 0.25) is 5.76 Å². The molecular weight excluding hydrogens is 310 g/mol. The Morgan fingerprint density at radius 1 is 1.04 bits per heavy atom. The molecule has 4 rings (SSSR count). The Morgan fingerprint density at radius 2 is 1.96 bits per heavy atom. The van der Waals surface area contributed by atoms with Crippen molar-refractivity contribution in [2.75, 3.05) is 5.43 Å². The quantitative estimate of drug-likeness (QED) is 0.556. The lowest BCUT2D eigenvalue weighted by Gasteiger charge is -2.08. The molecule has 0 bridgehead atoms. The number of carbonyl (C=O) groups excluding carboxylic acids is 1. The fourth-order valence-corrected chi connectivity index (χ4v) is 2.20. The Kier molecular flexibility index (Phi) is 3.39. The van der Waals surface area contributed by atoms with Crippen LogP contribution in [0.5, 0.6) is 0 Å². The summed E-state index contributed by atoms with van der Waals surface area (Å²) in [5.41, 5.74) is 6.19. The molecule has 1 amide bonds. The number of carbonyl (C=O) groups is 1. The van der Waals surface area contributed by atoms with Crippen molar-refractivity contribution in [1.82, 2.24) is 20.6 Å². The van der Waals surface area contributed by atoms with Gasteiger partial charge in [-0.25, -0.2) is 9.97 Å². The first-order valence-corrected chi connectivity index (χ1v) is 7.08. The number of furan rings is 1. The van der Waals surface area contributed by atoms with E-state index in [0.29, 0.717) is 17.3 Å². The summed E-state index contributed by atoms with van der Waals surface area (Å²) in [6.45, 7) is 0. The largest absolute Gasteiger partial charge is 0.461 e. The number of hydrogen-bond donors (Lipinski definition) is 2. The summed E-state index contributed by atoms with van der Waals surface area (Å²) in [6, 6.07) is 12.4. The SMILES string of the molecule is O=C(NNc1ncnc2ccccc12)c1cc(-c2ccco2)on1. The van der Waals surface area contributed by atoms with Crippen LogP contribution in [0.15, 0.2) is 64.0 Å². The molecule has 0 aliphatic rings. The minimum atomic E-state index is -0.459. The second-order valence-electron chi connectivity index (χ2n) is 4.87. The van der Waals surface area contributed by atoms with Crippen LogP contribution in [-0.4, -0.2) is 21.0 Å². The zero-order valence-corrected chi connectivity index (χ0v) is 12.3. The van der Waals surface area contributed by atoms with Crippen LogP contribution < -0.4 is 10.9 Å². The minimum Gasteiger partial charge on any atom is -0.461 e. The number of nitrogens with zero attached hydrogens (tertiary/aromatic N) is 3. The number of amides is 1. The van der Waals surface area contributed by atoms with Gasteiger partial charge in [0.1, 0.15) is 6.33 Å². The highest BCUT2D eigenvalue weighted by atomic mass is 16.5. The van der Waals surface area contributed by atoms with Crippen LogP contribution in [0.3, 0.4) is 0 Å². The average Bonchev–Trinajstić information content (AvgIpc) is 3.30. The number of aromatic nitrogens is 3. The van der Waals surface area contributed by atoms with Gasteiger partial charge in [-0.3, -0.25) is 15.6 Å². The van der Waals surface area contributed by atoms with E-state index in [-0.39, 0.29) is 5.69 Å². The van der Waals surface area contributed by atoms with Gasteiger partial charge in [0, 0.05) is 11.5 Å². The third kappa shape index (κ3) is 2.56. The van der Waals surface area contributed by atoms with Gasteiger partial charge in [0.25, 0.3) is 5.91 Å². The first-order chi connectivity index (χ1) is 11.8.